The monoisotopic (exact) mass is 227 g/mol. The normalized spacial score (nSPS) is 10.8. The van der Waals surface area contributed by atoms with Crippen molar-refractivity contribution >= 4 is 27.0 Å². The lowest BCUT2D eigenvalue weighted by Gasteiger charge is -1.91. The number of hydrogen-bond donors (Lipinski definition) is 0. The highest BCUT2D eigenvalue weighted by atomic mass is 79.9. The second kappa shape index (κ2) is 2.45. The van der Waals surface area contributed by atoms with Gasteiger partial charge in [-0.1, -0.05) is 6.07 Å². The standard InChI is InChI=1S/C7H6BrN3O/c1-10-7-5(8)3-2-4-6(7)11(12)9-10/h2-4H,1H3. The summed E-state index contributed by atoms with van der Waals surface area (Å²) in [7, 11) is 1.74. The van der Waals surface area contributed by atoms with Crippen molar-refractivity contribution in [3.63, 3.8) is 0 Å². The van der Waals surface area contributed by atoms with E-state index < -0.39 is 0 Å². The molecule has 0 aliphatic rings. The summed E-state index contributed by atoms with van der Waals surface area (Å²) >= 11 is 3.35. The minimum absolute atomic E-state index is 0.576. The lowest BCUT2D eigenvalue weighted by Crippen LogP contribution is -2.29. The molecule has 1 aromatic heterocycles. The summed E-state index contributed by atoms with van der Waals surface area (Å²) in [5.74, 6) is 0. The Kier molecular flexibility index (Phi) is 1.54. The maximum Gasteiger partial charge on any atom is 0.212 e. The van der Waals surface area contributed by atoms with Gasteiger partial charge in [-0.3, -0.25) is 0 Å². The Morgan fingerprint density at radius 1 is 1.58 bits per heavy atom. The van der Waals surface area contributed by atoms with Crippen molar-refractivity contribution in [1.82, 2.24) is 9.90 Å². The van der Waals surface area contributed by atoms with E-state index >= 15 is 0 Å². The summed E-state index contributed by atoms with van der Waals surface area (Å²) in [4.78, 5) is 0.611. The fraction of sp³-hybridized carbons (Fsp3) is 0.143. The Bertz CT molecular complexity index is 437. The highest BCUT2D eigenvalue weighted by molar-refractivity contribution is 9.10. The van der Waals surface area contributed by atoms with Crippen LogP contribution in [-0.4, -0.2) is 9.90 Å². The van der Waals surface area contributed by atoms with Crippen LogP contribution < -0.4 is 4.85 Å². The number of fused-ring (bicyclic) bond motifs is 1. The van der Waals surface area contributed by atoms with E-state index in [1.54, 1.807) is 17.8 Å². The maximum atomic E-state index is 11.1. The van der Waals surface area contributed by atoms with Crippen LogP contribution >= 0.6 is 15.9 Å². The maximum absolute atomic E-state index is 11.1. The van der Waals surface area contributed by atoms with Crippen molar-refractivity contribution in [2.75, 3.05) is 0 Å². The Balaban J connectivity index is 2.99. The molecule has 0 atom stereocenters. The van der Waals surface area contributed by atoms with Crippen molar-refractivity contribution in [2.24, 2.45) is 7.05 Å². The molecule has 0 bridgehead atoms. The van der Waals surface area contributed by atoms with Crippen molar-refractivity contribution in [3.05, 3.63) is 27.9 Å². The summed E-state index contributed by atoms with van der Waals surface area (Å²) in [5.41, 5.74) is 1.39. The van der Waals surface area contributed by atoms with E-state index in [1.807, 2.05) is 12.1 Å². The van der Waals surface area contributed by atoms with Gasteiger partial charge in [0.1, 0.15) is 7.05 Å². The summed E-state index contributed by atoms with van der Waals surface area (Å²) in [5, 5.41) is 14.8. The second-order valence-electron chi connectivity index (χ2n) is 2.49. The number of nitrogens with zero attached hydrogens (tertiary/aromatic N) is 3. The Morgan fingerprint density at radius 2 is 2.33 bits per heavy atom. The quantitative estimate of drug-likeness (QED) is 0.498. The van der Waals surface area contributed by atoms with Gasteiger partial charge in [0, 0.05) is 0 Å². The molecule has 4 nitrogen and oxygen atoms in total. The molecule has 1 heterocycles. The van der Waals surface area contributed by atoms with E-state index in [0.29, 0.717) is 10.4 Å². The van der Waals surface area contributed by atoms with Crippen LogP contribution in [0.4, 0.5) is 0 Å². The predicted octanol–water partition coefficient (Wildman–Crippen LogP) is 0.969. The number of para-hydroxylation sites is 1. The fourth-order valence-corrected chi connectivity index (χ4v) is 1.81. The summed E-state index contributed by atoms with van der Waals surface area (Å²) in [6.45, 7) is 0. The molecule has 0 spiro atoms. The van der Waals surface area contributed by atoms with Gasteiger partial charge < -0.3 is 5.21 Å². The lowest BCUT2D eigenvalue weighted by molar-refractivity contribution is -0.646. The number of aromatic nitrogens is 3. The second-order valence-corrected chi connectivity index (χ2v) is 3.35. The molecule has 0 saturated carbocycles. The Morgan fingerprint density at radius 3 is 3.00 bits per heavy atom. The average Bonchev–Trinajstić information content (AvgIpc) is 2.29. The van der Waals surface area contributed by atoms with Crippen LogP contribution in [0.25, 0.3) is 11.0 Å². The minimum atomic E-state index is 0.576. The fourth-order valence-electron chi connectivity index (χ4n) is 1.19. The number of hydrogen-bond acceptors (Lipinski definition) is 2. The molecule has 2 rings (SSSR count). The van der Waals surface area contributed by atoms with Crippen molar-refractivity contribution in [1.29, 1.82) is 0 Å². The van der Waals surface area contributed by atoms with Gasteiger partial charge in [0.05, 0.1) is 9.69 Å². The van der Waals surface area contributed by atoms with Crippen LogP contribution in [0.1, 0.15) is 0 Å². The summed E-state index contributed by atoms with van der Waals surface area (Å²) < 4.78 is 2.43. The molecule has 12 heavy (non-hydrogen) atoms. The van der Waals surface area contributed by atoms with Crippen LogP contribution in [0.3, 0.4) is 0 Å². The smallest absolute Gasteiger partial charge is 0.212 e. The molecule has 5 heteroatoms. The van der Waals surface area contributed by atoms with Gasteiger partial charge >= 0.3 is 0 Å². The van der Waals surface area contributed by atoms with E-state index in [0.717, 1.165) is 9.99 Å². The molecule has 2 aromatic rings. The molecule has 62 valence electrons. The topological polar surface area (TPSA) is 44.8 Å². The molecular formula is C7H6BrN3O. The zero-order valence-corrected chi connectivity index (χ0v) is 7.95. The first-order chi connectivity index (χ1) is 5.70. The first kappa shape index (κ1) is 7.54. The molecule has 0 saturated heterocycles. The zero-order chi connectivity index (χ0) is 8.72. The molecule has 0 unspecified atom stereocenters. The van der Waals surface area contributed by atoms with Crippen LogP contribution in [0.2, 0.25) is 0 Å². The van der Waals surface area contributed by atoms with Crippen molar-refractivity contribution in [2.45, 2.75) is 0 Å². The van der Waals surface area contributed by atoms with Crippen LogP contribution in [-0.2, 0) is 7.05 Å². The highest BCUT2D eigenvalue weighted by Gasteiger charge is 2.12. The number of aryl methyl sites for hydroxylation is 1. The highest BCUT2D eigenvalue weighted by Crippen LogP contribution is 2.19. The molecular weight excluding hydrogens is 222 g/mol. The Hall–Kier alpha value is -1.10. The lowest BCUT2D eigenvalue weighted by atomic mass is 10.3. The van der Waals surface area contributed by atoms with Gasteiger partial charge in [-0.25, -0.2) is 0 Å². The third-order valence-corrected chi connectivity index (χ3v) is 2.35. The van der Waals surface area contributed by atoms with Crippen LogP contribution in [0.5, 0.6) is 0 Å². The van der Waals surface area contributed by atoms with E-state index in [-0.39, 0.29) is 0 Å². The van der Waals surface area contributed by atoms with Gasteiger partial charge in [0.15, 0.2) is 0 Å². The summed E-state index contributed by atoms with van der Waals surface area (Å²) in [6.07, 6.45) is 0. The third kappa shape index (κ3) is 0.896. The van der Waals surface area contributed by atoms with E-state index in [9.17, 15) is 5.21 Å². The summed E-state index contributed by atoms with van der Waals surface area (Å²) in [6, 6.07) is 5.42. The van der Waals surface area contributed by atoms with E-state index in [1.165, 1.54) is 0 Å². The first-order valence-electron chi connectivity index (χ1n) is 3.41. The average molecular weight is 228 g/mol. The zero-order valence-electron chi connectivity index (χ0n) is 6.36. The Labute approximate surface area is 77.1 Å². The van der Waals surface area contributed by atoms with Gasteiger partial charge in [-0.05, 0) is 28.1 Å². The number of benzene rings is 1. The number of halogens is 1. The van der Waals surface area contributed by atoms with Gasteiger partial charge in [-0.2, -0.15) is 0 Å². The van der Waals surface area contributed by atoms with Crippen LogP contribution in [0, 0.1) is 5.21 Å². The van der Waals surface area contributed by atoms with Gasteiger partial charge in [0.25, 0.3) is 0 Å². The van der Waals surface area contributed by atoms with E-state index in [2.05, 4.69) is 21.1 Å². The van der Waals surface area contributed by atoms with Gasteiger partial charge in [-0.15, -0.1) is 9.53 Å². The molecule has 1 aromatic carbocycles. The number of rotatable bonds is 0. The SMILES string of the molecule is Cn1n[n+]([O-])c2cccc(Br)c21. The molecule has 0 N–H and O–H groups in total. The molecule has 0 fully saturated rings. The molecule has 0 aliphatic carbocycles. The third-order valence-electron chi connectivity index (χ3n) is 1.71. The minimum Gasteiger partial charge on any atom is -0.691 e. The largest absolute Gasteiger partial charge is 0.691 e. The predicted molar refractivity (Wildman–Crippen MR) is 47.4 cm³/mol. The molecule has 0 amide bonds. The van der Waals surface area contributed by atoms with Gasteiger partial charge in [0.2, 0.25) is 11.0 Å². The van der Waals surface area contributed by atoms with E-state index in [4.69, 9.17) is 0 Å². The van der Waals surface area contributed by atoms with Crippen molar-refractivity contribution < 1.29 is 4.85 Å². The molecule has 0 aliphatic heterocycles. The first-order valence-corrected chi connectivity index (χ1v) is 4.20. The van der Waals surface area contributed by atoms with Crippen LogP contribution in [0.15, 0.2) is 22.7 Å². The molecule has 0 radical (unpaired) electrons. The van der Waals surface area contributed by atoms with Crippen molar-refractivity contribution in [3.8, 4) is 0 Å².